The van der Waals surface area contributed by atoms with Crippen LogP contribution >= 0.6 is 11.3 Å². The molecule has 12 heteroatoms. The summed E-state index contributed by atoms with van der Waals surface area (Å²) in [5.41, 5.74) is 0.0151. The average molecular weight is 539 g/mol. The highest BCUT2D eigenvalue weighted by molar-refractivity contribution is 7.13. The van der Waals surface area contributed by atoms with Gasteiger partial charge in [-0.1, -0.05) is 24.3 Å². The number of quaternary nitrogens is 1. The lowest BCUT2D eigenvalue weighted by atomic mass is 9.96. The first-order valence-electron chi connectivity index (χ1n) is 10.5. The molecule has 0 aliphatic heterocycles. The zero-order valence-corrected chi connectivity index (χ0v) is 19.6. The largest absolute Gasteiger partial charge is 0.478 e. The van der Waals surface area contributed by atoms with Crippen LogP contribution in [0.3, 0.4) is 0 Å². The van der Waals surface area contributed by atoms with Crippen LogP contribution in [0.1, 0.15) is 21.5 Å². The van der Waals surface area contributed by atoms with Gasteiger partial charge in [-0.05, 0) is 30.3 Å². The highest BCUT2D eigenvalue weighted by atomic mass is 32.1. The molecule has 0 atom stereocenters. The van der Waals surface area contributed by atoms with Gasteiger partial charge in [-0.2, -0.15) is 31.8 Å². The Morgan fingerprint density at radius 2 is 1.54 bits per heavy atom. The minimum absolute atomic E-state index is 0.0491. The summed E-state index contributed by atoms with van der Waals surface area (Å²) in [6.07, 6.45) is -9.98. The molecule has 0 aliphatic rings. The normalized spacial score (nSPS) is 12.1. The molecule has 0 aliphatic carbocycles. The fraction of sp³-hybridized carbons (Fsp3) is 0.120. The monoisotopic (exact) mass is 539 g/mol. The molecule has 4 aromatic rings. The molecule has 1 aromatic heterocycles. The predicted octanol–water partition coefficient (Wildman–Crippen LogP) is 6.64. The first-order chi connectivity index (χ1) is 17.4. The summed E-state index contributed by atoms with van der Waals surface area (Å²) in [5, 5.41) is 11.4. The van der Waals surface area contributed by atoms with Crippen LogP contribution in [0.2, 0.25) is 0 Å². The lowest BCUT2D eigenvalue weighted by molar-refractivity contribution is -0.829. The number of nitrogens with zero attached hydrogens (tertiary/aromatic N) is 1. The molecule has 0 radical (unpaired) electrons. The van der Waals surface area contributed by atoms with Crippen molar-refractivity contribution in [3.8, 4) is 33.0 Å². The third kappa shape index (κ3) is 5.66. The second-order valence-electron chi connectivity index (χ2n) is 7.84. The fourth-order valence-electron chi connectivity index (χ4n) is 3.70. The van der Waals surface area contributed by atoms with Crippen LogP contribution in [-0.2, 0) is 17.2 Å². The highest BCUT2D eigenvalue weighted by Crippen LogP contribution is 2.40. The van der Waals surface area contributed by atoms with E-state index >= 15 is 0 Å². The van der Waals surface area contributed by atoms with Gasteiger partial charge in [-0.15, -0.1) is 11.3 Å². The van der Waals surface area contributed by atoms with Gasteiger partial charge < -0.3 is 5.11 Å². The van der Waals surface area contributed by atoms with Crippen LogP contribution < -0.4 is 5.48 Å². The van der Waals surface area contributed by atoms with Gasteiger partial charge in [-0.3, -0.25) is 0 Å². The molecule has 37 heavy (non-hydrogen) atoms. The van der Waals surface area contributed by atoms with Crippen LogP contribution in [0.25, 0.3) is 33.0 Å². The van der Waals surface area contributed by atoms with E-state index in [4.69, 9.17) is 4.84 Å². The van der Waals surface area contributed by atoms with Crippen LogP contribution in [0, 0.1) is 0 Å². The Morgan fingerprint density at radius 3 is 2.14 bits per heavy atom. The number of alkyl halides is 6. The number of nitrogens with two attached hydrogens (primary N) is 1. The summed E-state index contributed by atoms with van der Waals surface area (Å²) in [7, 11) is 1.46. The van der Waals surface area contributed by atoms with Crippen molar-refractivity contribution in [3.05, 3.63) is 82.7 Å². The highest BCUT2D eigenvalue weighted by Gasteiger charge is 2.37. The van der Waals surface area contributed by atoms with E-state index in [9.17, 15) is 36.2 Å². The molecule has 4 rings (SSSR count). The lowest BCUT2D eigenvalue weighted by Crippen LogP contribution is -2.76. The molecular formula is C25H17F6N2O3S+. The van der Waals surface area contributed by atoms with Crippen molar-refractivity contribution in [2.24, 2.45) is 0 Å². The molecule has 0 fully saturated rings. The molecule has 3 aromatic carbocycles. The number of carboxylic acids is 1. The molecule has 0 unspecified atom stereocenters. The maximum Gasteiger partial charge on any atom is 0.416 e. The molecule has 192 valence electrons. The molecule has 5 nitrogen and oxygen atoms in total. The number of halogens is 6. The fourth-order valence-corrected chi connectivity index (χ4v) is 4.53. The van der Waals surface area contributed by atoms with Gasteiger partial charge in [0, 0.05) is 33.7 Å². The number of hydrogen-bond acceptors (Lipinski definition) is 4. The standard InChI is InChI=1S/C25H16F6N2O3S/c1-36-33-20-5-3-2-4-18(20)17-7-6-13(10-19(17)23(34)35)22-32-21(12-37-22)14-8-15(24(26,27)28)11-16(9-14)25(29,30)31/h2-12,33H,1H3,(H,34,35)/p+1. The van der Waals surface area contributed by atoms with Crippen LogP contribution in [0.5, 0.6) is 0 Å². The third-order valence-corrected chi connectivity index (χ3v) is 6.27. The second-order valence-corrected chi connectivity index (χ2v) is 8.70. The molecule has 1 heterocycles. The quantitative estimate of drug-likeness (QED) is 0.164. The Balaban J connectivity index is 1.78. The first-order valence-corrected chi connectivity index (χ1v) is 11.3. The molecule has 0 bridgehead atoms. The molecule has 0 amide bonds. The second kappa shape index (κ2) is 9.96. The number of thiazole rings is 1. The number of hydrogen-bond donors (Lipinski definition) is 2. The third-order valence-electron chi connectivity index (χ3n) is 5.38. The molecular weight excluding hydrogens is 522 g/mol. The molecule has 0 saturated heterocycles. The maximum atomic E-state index is 13.2. The lowest BCUT2D eigenvalue weighted by Gasteiger charge is -2.13. The van der Waals surface area contributed by atoms with Crippen molar-refractivity contribution >= 4 is 23.0 Å². The zero-order chi connectivity index (χ0) is 27.0. The average Bonchev–Trinajstić information content (AvgIpc) is 3.33. The summed E-state index contributed by atoms with van der Waals surface area (Å²) in [5.74, 6) is -1.23. The van der Waals surface area contributed by atoms with Gasteiger partial charge >= 0.3 is 18.3 Å². The van der Waals surface area contributed by atoms with Gasteiger partial charge in [0.05, 0.1) is 29.5 Å². The van der Waals surface area contributed by atoms with Crippen molar-refractivity contribution in [3.63, 3.8) is 0 Å². The van der Waals surface area contributed by atoms with E-state index in [1.807, 2.05) is 0 Å². The number of aromatic carboxylic acids is 1. The van der Waals surface area contributed by atoms with Crippen LogP contribution in [0.4, 0.5) is 32.0 Å². The van der Waals surface area contributed by atoms with Crippen LogP contribution in [-0.4, -0.2) is 23.2 Å². The van der Waals surface area contributed by atoms with E-state index in [1.54, 1.807) is 36.4 Å². The van der Waals surface area contributed by atoms with E-state index in [0.29, 0.717) is 34.5 Å². The topological polar surface area (TPSA) is 76.0 Å². The number of aromatic nitrogens is 1. The minimum Gasteiger partial charge on any atom is -0.478 e. The molecule has 0 saturated carbocycles. The number of rotatable bonds is 6. The summed E-state index contributed by atoms with van der Waals surface area (Å²) in [6.45, 7) is 0. The Morgan fingerprint density at radius 1 is 0.892 bits per heavy atom. The van der Waals surface area contributed by atoms with Gasteiger partial charge in [-0.25, -0.2) is 14.6 Å². The summed E-state index contributed by atoms with van der Waals surface area (Å²) in [6, 6.07) is 12.7. The maximum absolute atomic E-state index is 13.2. The number of carboxylic acid groups (broad SMARTS) is 1. The van der Waals surface area contributed by atoms with Gasteiger partial charge in [0.25, 0.3) is 0 Å². The van der Waals surface area contributed by atoms with E-state index in [1.165, 1.54) is 24.0 Å². The van der Waals surface area contributed by atoms with E-state index in [-0.39, 0.29) is 27.9 Å². The zero-order valence-electron chi connectivity index (χ0n) is 18.8. The van der Waals surface area contributed by atoms with Gasteiger partial charge in [0.2, 0.25) is 0 Å². The van der Waals surface area contributed by atoms with E-state index < -0.39 is 29.4 Å². The Hall–Kier alpha value is -3.74. The molecule has 0 spiro atoms. The number of benzene rings is 3. The minimum atomic E-state index is -4.99. The Bertz CT molecular complexity index is 1430. The van der Waals surface area contributed by atoms with Gasteiger partial charge in [0.15, 0.2) is 5.69 Å². The van der Waals surface area contributed by atoms with E-state index in [2.05, 4.69) is 4.98 Å². The molecule has 3 N–H and O–H groups in total. The summed E-state index contributed by atoms with van der Waals surface area (Å²) in [4.78, 5) is 21.3. The van der Waals surface area contributed by atoms with Gasteiger partial charge in [0.1, 0.15) is 5.01 Å². The SMILES string of the molecule is CO[NH2+]c1ccccc1-c1ccc(-c2nc(-c3cc(C(F)(F)F)cc(C(F)(F)F)c3)cs2)cc1C(=O)O. The van der Waals surface area contributed by atoms with E-state index in [0.717, 1.165) is 11.3 Å². The summed E-state index contributed by atoms with van der Waals surface area (Å²) >= 11 is 0.965. The van der Waals surface area contributed by atoms with Crippen molar-refractivity contribution in [1.29, 1.82) is 0 Å². The van der Waals surface area contributed by atoms with Crippen LogP contribution in [0.15, 0.2) is 66.0 Å². The van der Waals surface area contributed by atoms with Crippen molar-refractivity contribution in [2.75, 3.05) is 7.11 Å². The van der Waals surface area contributed by atoms with Crippen molar-refractivity contribution in [2.45, 2.75) is 12.4 Å². The van der Waals surface area contributed by atoms with Crippen molar-refractivity contribution in [1.82, 2.24) is 4.98 Å². The smallest absolute Gasteiger partial charge is 0.416 e. The summed E-state index contributed by atoms with van der Waals surface area (Å²) < 4.78 is 79.5. The van der Waals surface area contributed by atoms with Crippen molar-refractivity contribution < 1.29 is 46.6 Å². The first kappa shape index (κ1) is 26.3. The number of carbonyl (C=O) groups is 1. The Labute approximate surface area is 209 Å². The predicted molar refractivity (Wildman–Crippen MR) is 124 cm³/mol. The Kier molecular flexibility index (Phi) is 7.09.